The molecule has 1 rings (SSSR count). The van der Waals surface area contributed by atoms with Crippen LogP contribution in [0.2, 0.25) is 0 Å². The van der Waals surface area contributed by atoms with Gasteiger partial charge < -0.3 is 4.90 Å². The molecule has 1 aliphatic heterocycles. The Hall–Kier alpha value is -0.180. The predicted octanol–water partition coefficient (Wildman–Crippen LogP) is 1.22. The Balaban J connectivity index is 2.64. The highest BCUT2D eigenvalue weighted by Crippen LogP contribution is 2.36. The van der Waals surface area contributed by atoms with E-state index in [1.165, 1.54) is 0 Å². The van der Waals surface area contributed by atoms with Crippen LogP contribution in [0.3, 0.4) is 0 Å². The molecule has 1 saturated heterocycles. The normalized spacial score (nSPS) is 30.5. The quantitative estimate of drug-likeness (QED) is 0.594. The number of hydrogen-bond donors (Lipinski definition) is 0. The first kappa shape index (κ1) is 8.91. The molecule has 2 nitrogen and oxygen atoms in total. The fraction of sp³-hybridized carbons (Fsp3) is 0.875. The van der Waals surface area contributed by atoms with Gasteiger partial charge in [-0.2, -0.15) is 11.8 Å². The van der Waals surface area contributed by atoms with Gasteiger partial charge in [-0.1, -0.05) is 0 Å². The van der Waals surface area contributed by atoms with Gasteiger partial charge in [0, 0.05) is 19.8 Å². The Morgan fingerprint density at radius 3 is 2.55 bits per heavy atom. The SMILES string of the molecule is CN(C)C(=O)C1(C)CCSC1. The standard InChI is InChI=1S/C8H15NOS/c1-8(4-5-11-6-8)7(10)9(2)3/h4-6H2,1-3H3. The Morgan fingerprint density at radius 1 is 1.55 bits per heavy atom. The third-order valence-corrected chi connectivity index (χ3v) is 3.48. The number of carbonyl (C=O) groups is 1. The Bertz CT molecular complexity index is 161. The molecule has 0 bridgehead atoms. The molecule has 0 aromatic rings. The lowest BCUT2D eigenvalue weighted by atomic mass is 9.89. The first-order chi connectivity index (χ1) is 5.06. The second-order valence-corrected chi connectivity index (χ2v) is 4.67. The minimum Gasteiger partial charge on any atom is -0.348 e. The summed E-state index contributed by atoms with van der Waals surface area (Å²) in [6.07, 6.45) is 1.04. The lowest BCUT2D eigenvalue weighted by Gasteiger charge is -2.25. The van der Waals surface area contributed by atoms with Gasteiger partial charge in [0.1, 0.15) is 0 Å². The summed E-state index contributed by atoms with van der Waals surface area (Å²) in [5, 5.41) is 0. The molecular formula is C8H15NOS. The van der Waals surface area contributed by atoms with Crippen molar-refractivity contribution in [3.05, 3.63) is 0 Å². The maximum absolute atomic E-state index is 11.6. The van der Waals surface area contributed by atoms with Crippen molar-refractivity contribution in [2.75, 3.05) is 25.6 Å². The molecule has 0 aromatic heterocycles. The van der Waals surface area contributed by atoms with Crippen LogP contribution in [0.15, 0.2) is 0 Å². The predicted molar refractivity (Wildman–Crippen MR) is 48.7 cm³/mol. The van der Waals surface area contributed by atoms with E-state index in [-0.39, 0.29) is 11.3 Å². The highest BCUT2D eigenvalue weighted by atomic mass is 32.2. The van der Waals surface area contributed by atoms with Gasteiger partial charge in [0.05, 0.1) is 5.41 Å². The second-order valence-electron chi connectivity index (χ2n) is 3.56. The van der Waals surface area contributed by atoms with Crippen LogP contribution in [-0.2, 0) is 4.79 Å². The second kappa shape index (κ2) is 3.05. The zero-order valence-corrected chi connectivity index (χ0v) is 8.20. The van der Waals surface area contributed by atoms with E-state index in [9.17, 15) is 4.79 Å². The third-order valence-electron chi connectivity index (χ3n) is 2.14. The van der Waals surface area contributed by atoms with Crippen LogP contribution in [0, 0.1) is 5.41 Å². The summed E-state index contributed by atoms with van der Waals surface area (Å²) in [5.74, 6) is 2.41. The fourth-order valence-corrected chi connectivity index (χ4v) is 2.83. The Kier molecular flexibility index (Phi) is 2.47. The van der Waals surface area contributed by atoms with Gasteiger partial charge >= 0.3 is 0 Å². The van der Waals surface area contributed by atoms with Crippen LogP contribution in [0.1, 0.15) is 13.3 Å². The van der Waals surface area contributed by atoms with Crippen LogP contribution in [0.25, 0.3) is 0 Å². The van der Waals surface area contributed by atoms with Gasteiger partial charge in [-0.05, 0) is 19.1 Å². The molecule has 11 heavy (non-hydrogen) atoms. The van der Waals surface area contributed by atoms with Gasteiger partial charge in [0.2, 0.25) is 5.91 Å². The molecule has 1 aliphatic rings. The van der Waals surface area contributed by atoms with Crippen LogP contribution >= 0.6 is 11.8 Å². The number of hydrogen-bond acceptors (Lipinski definition) is 2. The van der Waals surface area contributed by atoms with Crippen molar-refractivity contribution in [3.63, 3.8) is 0 Å². The molecule has 0 radical (unpaired) electrons. The zero-order valence-electron chi connectivity index (χ0n) is 7.39. The van der Waals surface area contributed by atoms with E-state index in [4.69, 9.17) is 0 Å². The van der Waals surface area contributed by atoms with E-state index < -0.39 is 0 Å². The first-order valence-electron chi connectivity index (χ1n) is 3.86. The molecule has 1 atom stereocenters. The smallest absolute Gasteiger partial charge is 0.228 e. The molecular weight excluding hydrogens is 158 g/mol. The molecule has 0 N–H and O–H groups in total. The molecule has 1 amide bonds. The van der Waals surface area contributed by atoms with Crippen LogP contribution in [-0.4, -0.2) is 36.4 Å². The molecule has 0 saturated carbocycles. The van der Waals surface area contributed by atoms with E-state index in [1.54, 1.807) is 4.90 Å². The van der Waals surface area contributed by atoms with Crippen molar-refractivity contribution in [2.45, 2.75) is 13.3 Å². The van der Waals surface area contributed by atoms with Crippen molar-refractivity contribution in [1.29, 1.82) is 0 Å². The van der Waals surface area contributed by atoms with Gasteiger partial charge in [-0.15, -0.1) is 0 Å². The lowest BCUT2D eigenvalue weighted by molar-refractivity contribution is -0.137. The number of nitrogens with zero attached hydrogens (tertiary/aromatic N) is 1. The van der Waals surface area contributed by atoms with E-state index in [0.29, 0.717) is 0 Å². The van der Waals surface area contributed by atoms with E-state index in [0.717, 1.165) is 17.9 Å². The van der Waals surface area contributed by atoms with Crippen LogP contribution < -0.4 is 0 Å². The maximum Gasteiger partial charge on any atom is 0.228 e. The topological polar surface area (TPSA) is 20.3 Å². The zero-order chi connectivity index (χ0) is 8.48. The van der Waals surface area contributed by atoms with Crippen LogP contribution in [0.5, 0.6) is 0 Å². The lowest BCUT2D eigenvalue weighted by Crippen LogP contribution is -2.38. The number of rotatable bonds is 1. The van der Waals surface area contributed by atoms with E-state index in [2.05, 4.69) is 6.92 Å². The average molecular weight is 173 g/mol. The van der Waals surface area contributed by atoms with E-state index in [1.807, 2.05) is 25.9 Å². The Labute approximate surface area is 72.3 Å². The molecule has 1 fully saturated rings. The fourth-order valence-electron chi connectivity index (χ4n) is 1.38. The highest BCUT2D eigenvalue weighted by molar-refractivity contribution is 7.99. The molecule has 1 unspecified atom stereocenters. The maximum atomic E-state index is 11.6. The third kappa shape index (κ3) is 1.70. The number of thioether (sulfide) groups is 1. The summed E-state index contributed by atoms with van der Waals surface area (Å²) < 4.78 is 0. The van der Waals surface area contributed by atoms with Gasteiger partial charge in [-0.3, -0.25) is 4.79 Å². The largest absolute Gasteiger partial charge is 0.348 e. The molecule has 0 spiro atoms. The van der Waals surface area contributed by atoms with Crippen LogP contribution in [0.4, 0.5) is 0 Å². The summed E-state index contributed by atoms with van der Waals surface area (Å²) >= 11 is 1.88. The molecule has 64 valence electrons. The van der Waals surface area contributed by atoms with E-state index >= 15 is 0 Å². The molecule has 1 heterocycles. The van der Waals surface area contributed by atoms with Crippen molar-refractivity contribution in [2.24, 2.45) is 5.41 Å². The van der Waals surface area contributed by atoms with Crippen molar-refractivity contribution in [3.8, 4) is 0 Å². The number of amides is 1. The van der Waals surface area contributed by atoms with Crippen molar-refractivity contribution < 1.29 is 4.79 Å². The van der Waals surface area contributed by atoms with Gasteiger partial charge in [0.15, 0.2) is 0 Å². The number of carbonyl (C=O) groups excluding carboxylic acids is 1. The minimum absolute atomic E-state index is 0.0752. The molecule has 0 aromatic carbocycles. The Morgan fingerprint density at radius 2 is 2.18 bits per heavy atom. The monoisotopic (exact) mass is 173 g/mol. The van der Waals surface area contributed by atoms with Crippen molar-refractivity contribution in [1.82, 2.24) is 4.90 Å². The van der Waals surface area contributed by atoms with Gasteiger partial charge in [-0.25, -0.2) is 0 Å². The van der Waals surface area contributed by atoms with Gasteiger partial charge in [0.25, 0.3) is 0 Å². The summed E-state index contributed by atoms with van der Waals surface area (Å²) in [6, 6.07) is 0. The summed E-state index contributed by atoms with van der Waals surface area (Å²) in [6.45, 7) is 2.06. The first-order valence-corrected chi connectivity index (χ1v) is 5.01. The highest BCUT2D eigenvalue weighted by Gasteiger charge is 2.37. The summed E-state index contributed by atoms with van der Waals surface area (Å²) in [5.41, 5.74) is -0.0752. The summed E-state index contributed by atoms with van der Waals surface area (Å²) in [7, 11) is 3.66. The molecule has 3 heteroatoms. The van der Waals surface area contributed by atoms with Crippen molar-refractivity contribution >= 4 is 17.7 Å². The minimum atomic E-state index is -0.0752. The molecule has 0 aliphatic carbocycles. The summed E-state index contributed by atoms with van der Waals surface area (Å²) in [4.78, 5) is 13.3. The average Bonchev–Trinajstić information content (AvgIpc) is 2.35.